The van der Waals surface area contributed by atoms with E-state index in [0.717, 1.165) is 19.5 Å². The highest BCUT2D eigenvalue weighted by molar-refractivity contribution is 7.87. The molecule has 1 unspecified atom stereocenters. The summed E-state index contributed by atoms with van der Waals surface area (Å²) in [6, 6.07) is 1.60. The second-order valence-corrected chi connectivity index (χ2v) is 6.59. The standard InChI is InChI=1S/C12H25N5O2S/c1-4-13-7-5-9-16(3)20(18,19)15-12(2)11-17-10-6-8-14-17/h6,8,10,12-13,15H,4-5,7,9,11H2,1-3H3. The lowest BCUT2D eigenvalue weighted by Gasteiger charge is -2.21. The second kappa shape index (κ2) is 8.35. The highest BCUT2D eigenvalue weighted by Gasteiger charge is 2.19. The number of nitrogens with one attached hydrogen (secondary N) is 2. The largest absolute Gasteiger partial charge is 0.317 e. The molecule has 0 aromatic carbocycles. The van der Waals surface area contributed by atoms with Gasteiger partial charge < -0.3 is 5.32 Å². The van der Waals surface area contributed by atoms with Crippen molar-refractivity contribution in [2.75, 3.05) is 26.7 Å². The number of hydrogen-bond donors (Lipinski definition) is 2. The minimum Gasteiger partial charge on any atom is -0.317 e. The number of rotatable bonds is 10. The summed E-state index contributed by atoms with van der Waals surface area (Å²) in [5.41, 5.74) is 0. The first-order valence-electron chi connectivity index (χ1n) is 6.87. The molecule has 0 radical (unpaired) electrons. The van der Waals surface area contributed by atoms with Gasteiger partial charge in [0.2, 0.25) is 0 Å². The van der Waals surface area contributed by atoms with Crippen molar-refractivity contribution in [3.05, 3.63) is 18.5 Å². The monoisotopic (exact) mass is 303 g/mol. The van der Waals surface area contributed by atoms with Gasteiger partial charge in [-0.25, -0.2) is 0 Å². The predicted octanol–water partition coefficient (Wildman–Crippen LogP) is 0.0374. The molecule has 0 aliphatic rings. The van der Waals surface area contributed by atoms with Crippen LogP contribution in [0.4, 0.5) is 0 Å². The van der Waals surface area contributed by atoms with Gasteiger partial charge in [0.05, 0.1) is 6.54 Å². The Hall–Kier alpha value is -0.960. The molecular formula is C12H25N5O2S. The van der Waals surface area contributed by atoms with Crippen LogP contribution in [0.2, 0.25) is 0 Å². The average molecular weight is 303 g/mol. The molecule has 0 saturated heterocycles. The highest BCUT2D eigenvalue weighted by atomic mass is 32.2. The van der Waals surface area contributed by atoms with Gasteiger partial charge in [-0.15, -0.1) is 0 Å². The Kier molecular flexibility index (Phi) is 7.14. The molecule has 0 saturated carbocycles. The zero-order valence-corrected chi connectivity index (χ0v) is 13.2. The maximum atomic E-state index is 12.1. The SMILES string of the molecule is CCNCCCN(C)S(=O)(=O)NC(C)Cn1cccn1. The molecule has 2 N–H and O–H groups in total. The first kappa shape index (κ1) is 17.1. The quantitative estimate of drug-likeness (QED) is 0.598. The van der Waals surface area contributed by atoms with Crippen molar-refractivity contribution in [1.82, 2.24) is 24.1 Å². The molecule has 116 valence electrons. The van der Waals surface area contributed by atoms with Crippen molar-refractivity contribution in [1.29, 1.82) is 0 Å². The third-order valence-corrected chi connectivity index (χ3v) is 4.56. The van der Waals surface area contributed by atoms with Gasteiger partial charge >= 0.3 is 0 Å². The maximum absolute atomic E-state index is 12.1. The lowest BCUT2D eigenvalue weighted by atomic mass is 10.4. The van der Waals surface area contributed by atoms with Gasteiger partial charge in [-0.3, -0.25) is 4.68 Å². The van der Waals surface area contributed by atoms with Gasteiger partial charge in [-0.1, -0.05) is 6.92 Å². The van der Waals surface area contributed by atoms with E-state index in [1.54, 1.807) is 17.9 Å². The molecule has 20 heavy (non-hydrogen) atoms. The van der Waals surface area contributed by atoms with Crippen LogP contribution in [0, 0.1) is 0 Å². The van der Waals surface area contributed by atoms with E-state index in [-0.39, 0.29) is 6.04 Å². The molecule has 0 fully saturated rings. The number of nitrogens with zero attached hydrogens (tertiary/aromatic N) is 3. The summed E-state index contributed by atoms with van der Waals surface area (Å²) in [4.78, 5) is 0. The van der Waals surface area contributed by atoms with E-state index >= 15 is 0 Å². The molecule has 0 aliphatic heterocycles. The maximum Gasteiger partial charge on any atom is 0.279 e. The molecule has 0 spiro atoms. The Bertz CT molecular complexity index is 460. The normalized spacial score (nSPS) is 13.8. The molecule has 0 bridgehead atoms. The van der Waals surface area contributed by atoms with Gasteiger partial charge in [0, 0.05) is 32.0 Å². The van der Waals surface area contributed by atoms with Gasteiger partial charge in [0.1, 0.15) is 0 Å². The fourth-order valence-corrected chi connectivity index (χ4v) is 2.93. The molecule has 7 nitrogen and oxygen atoms in total. The van der Waals surface area contributed by atoms with Crippen LogP contribution >= 0.6 is 0 Å². The van der Waals surface area contributed by atoms with Gasteiger partial charge in [0.25, 0.3) is 10.2 Å². The number of aromatic nitrogens is 2. The van der Waals surface area contributed by atoms with Crippen LogP contribution in [-0.4, -0.2) is 55.2 Å². The van der Waals surface area contributed by atoms with E-state index in [0.29, 0.717) is 13.1 Å². The van der Waals surface area contributed by atoms with Crippen molar-refractivity contribution < 1.29 is 8.42 Å². The Morgan fingerprint density at radius 2 is 2.20 bits per heavy atom. The Morgan fingerprint density at radius 3 is 2.80 bits per heavy atom. The average Bonchev–Trinajstić information content (AvgIpc) is 2.86. The molecule has 8 heteroatoms. The highest BCUT2D eigenvalue weighted by Crippen LogP contribution is 1.99. The van der Waals surface area contributed by atoms with Crippen LogP contribution in [0.1, 0.15) is 20.3 Å². The predicted molar refractivity (Wildman–Crippen MR) is 79.5 cm³/mol. The Labute approximate surface area is 121 Å². The summed E-state index contributed by atoms with van der Waals surface area (Å²) >= 11 is 0. The lowest BCUT2D eigenvalue weighted by molar-refractivity contribution is 0.426. The van der Waals surface area contributed by atoms with Gasteiger partial charge in [-0.2, -0.15) is 22.5 Å². The zero-order valence-electron chi connectivity index (χ0n) is 12.4. The van der Waals surface area contributed by atoms with Crippen molar-refractivity contribution in [3.8, 4) is 0 Å². The van der Waals surface area contributed by atoms with Crippen LogP contribution in [0.15, 0.2) is 18.5 Å². The molecule has 1 aromatic heterocycles. The molecule has 0 aliphatic carbocycles. The number of hydrogen-bond acceptors (Lipinski definition) is 4. The summed E-state index contributed by atoms with van der Waals surface area (Å²) in [6.07, 6.45) is 4.28. The summed E-state index contributed by atoms with van der Waals surface area (Å²) < 4.78 is 29.9. The van der Waals surface area contributed by atoms with Gasteiger partial charge in [-0.05, 0) is 32.5 Å². The van der Waals surface area contributed by atoms with Crippen molar-refractivity contribution >= 4 is 10.2 Å². The smallest absolute Gasteiger partial charge is 0.279 e. The van der Waals surface area contributed by atoms with Crippen molar-refractivity contribution in [2.24, 2.45) is 0 Å². The Balaban J connectivity index is 2.39. The first-order valence-corrected chi connectivity index (χ1v) is 8.31. The van der Waals surface area contributed by atoms with E-state index in [1.165, 1.54) is 4.31 Å². The van der Waals surface area contributed by atoms with E-state index in [4.69, 9.17) is 0 Å². The first-order chi connectivity index (χ1) is 9.45. The minimum absolute atomic E-state index is 0.212. The van der Waals surface area contributed by atoms with Crippen molar-refractivity contribution in [2.45, 2.75) is 32.9 Å². The zero-order chi connectivity index (χ0) is 15.0. The molecule has 1 aromatic rings. The van der Waals surface area contributed by atoms with Crippen LogP contribution < -0.4 is 10.0 Å². The van der Waals surface area contributed by atoms with Crippen LogP contribution in [0.25, 0.3) is 0 Å². The van der Waals surface area contributed by atoms with E-state index < -0.39 is 10.2 Å². The topological polar surface area (TPSA) is 79.3 Å². The van der Waals surface area contributed by atoms with Crippen LogP contribution in [0.3, 0.4) is 0 Å². The van der Waals surface area contributed by atoms with Crippen molar-refractivity contribution in [3.63, 3.8) is 0 Å². The van der Waals surface area contributed by atoms with Crippen LogP contribution in [-0.2, 0) is 16.8 Å². The fraction of sp³-hybridized carbons (Fsp3) is 0.750. The summed E-state index contributed by atoms with van der Waals surface area (Å²) in [5.74, 6) is 0. The van der Waals surface area contributed by atoms with Gasteiger partial charge in [0.15, 0.2) is 0 Å². The summed E-state index contributed by atoms with van der Waals surface area (Å²) in [6.45, 7) is 6.58. The Morgan fingerprint density at radius 1 is 1.45 bits per heavy atom. The molecule has 0 amide bonds. The van der Waals surface area contributed by atoms with E-state index in [2.05, 4.69) is 15.1 Å². The molecular weight excluding hydrogens is 278 g/mol. The molecule has 1 atom stereocenters. The minimum atomic E-state index is -3.44. The van der Waals surface area contributed by atoms with E-state index in [9.17, 15) is 8.42 Å². The third-order valence-electron chi connectivity index (χ3n) is 2.86. The molecule has 1 rings (SSSR count). The van der Waals surface area contributed by atoms with Crippen LogP contribution in [0.5, 0.6) is 0 Å². The lowest BCUT2D eigenvalue weighted by Crippen LogP contribution is -2.44. The second-order valence-electron chi connectivity index (χ2n) is 4.78. The summed E-state index contributed by atoms with van der Waals surface area (Å²) in [7, 11) is -1.84. The molecule has 1 heterocycles. The third kappa shape index (κ3) is 6.00. The summed E-state index contributed by atoms with van der Waals surface area (Å²) in [5, 5.41) is 7.23. The van der Waals surface area contributed by atoms with E-state index in [1.807, 2.05) is 26.1 Å². The fourth-order valence-electron chi connectivity index (χ4n) is 1.79.